The Bertz CT molecular complexity index is 588. The molecule has 1 rings (SSSR count). The molecule has 9 heteroatoms. The number of alkyl halides is 3. The molecule has 0 fully saturated rings. The Morgan fingerprint density at radius 1 is 1.33 bits per heavy atom. The summed E-state index contributed by atoms with van der Waals surface area (Å²) in [7, 11) is -2.95. The summed E-state index contributed by atoms with van der Waals surface area (Å²) in [6, 6.07) is 3.73. The molecule has 0 aliphatic carbocycles. The molecule has 0 spiro atoms. The van der Waals surface area contributed by atoms with E-state index in [4.69, 9.17) is 10.5 Å². The number of nitrogens with two attached hydrogens (primary N) is 1. The van der Waals surface area contributed by atoms with Crippen LogP contribution < -0.4 is 10.5 Å². The first-order chi connectivity index (χ1) is 9.61. The largest absolute Gasteiger partial charge is 0.497 e. The third kappa shape index (κ3) is 4.50. The number of benzene rings is 1. The highest BCUT2D eigenvalue weighted by molar-refractivity contribution is 7.89. The Balaban J connectivity index is 3.22. The van der Waals surface area contributed by atoms with Crippen molar-refractivity contribution < 1.29 is 26.3 Å². The van der Waals surface area contributed by atoms with E-state index in [1.807, 2.05) is 0 Å². The number of methoxy groups -OCH3 is 1. The van der Waals surface area contributed by atoms with Crippen molar-refractivity contribution in [2.75, 3.05) is 25.9 Å². The van der Waals surface area contributed by atoms with Gasteiger partial charge in [0.25, 0.3) is 0 Å². The van der Waals surface area contributed by atoms with E-state index in [-0.39, 0.29) is 23.5 Å². The Labute approximate surface area is 121 Å². The number of anilines is 1. The van der Waals surface area contributed by atoms with E-state index in [0.29, 0.717) is 10.1 Å². The summed E-state index contributed by atoms with van der Waals surface area (Å²) in [5.41, 5.74) is 5.46. The van der Waals surface area contributed by atoms with Crippen molar-refractivity contribution in [3.63, 3.8) is 0 Å². The average molecular weight is 326 g/mol. The maximum Gasteiger partial charge on any atom is 0.402 e. The predicted octanol–water partition coefficient (Wildman–Crippen LogP) is 2.24. The van der Waals surface area contributed by atoms with Crippen LogP contribution in [0.2, 0.25) is 0 Å². The fourth-order valence-corrected chi connectivity index (χ4v) is 3.38. The van der Waals surface area contributed by atoms with Crippen LogP contribution >= 0.6 is 0 Å². The van der Waals surface area contributed by atoms with Crippen molar-refractivity contribution in [1.29, 1.82) is 0 Å². The molecule has 0 bridgehead atoms. The zero-order chi connectivity index (χ0) is 16.3. The van der Waals surface area contributed by atoms with Gasteiger partial charge in [0.15, 0.2) is 0 Å². The quantitative estimate of drug-likeness (QED) is 0.814. The first-order valence-corrected chi connectivity index (χ1v) is 7.56. The lowest BCUT2D eigenvalue weighted by Gasteiger charge is -2.23. The van der Waals surface area contributed by atoms with E-state index < -0.39 is 22.7 Å². The molecular formula is C12H17F3N2O3S. The summed E-state index contributed by atoms with van der Waals surface area (Å²) in [6.07, 6.45) is -4.37. The van der Waals surface area contributed by atoms with Crippen LogP contribution in [0.1, 0.15) is 13.3 Å². The van der Waals surface area contributed by atoms with Gasteiger partial charge in [-0.1, -0.05) is 6.92 Å². The fraction of sp³-hybridized carbons (Fsp3) is 0.500. The van der Waals surface area contributed by atoms with Crippen LogP contribution in [0.4, 0.5) is 18.9 Å². The van der Waals surface area contributed by atoms with Gasteiger partial charge in [-0.2, -0.15) is 17.5 Å². The van der Waals surface area contributed by atoms with Gasteiger partial charge in [-0.15, -0.1) is 0 Å². The average Bonchev–Trinajstić information content (AvgIpc) is 2.36. The predicted molar refractivity (Wildman–Crippen MR) is 72.5 cm³/mol. The van der Waals surface area contributed by atoms with Crippen LogP contribution in [-0.4, -0.2) is 39.1 Å². The first kappa shape index (κ1) is 17.6. The molecule has 0 heterocycles. The minimum Gasteiger partial charge on any atom is -0.497 e. The van der Waals surface area contributed by atoms with Gasteiger partial charge < -0.3 is 10.5 Å². The highest BCUT2D eigenvalue weighted by Gasteiger charge is 2.37. The van der Waals surface area contributed by atoms with Crippen molar-refractivity contribution in [2.24, 2.45) is 0 Å². The van der Waals surface area contributed by atoms with Gasteiger partial charge in [-0.05, 0) is 18.6 Å². The number of ether oxygens (including phenoxy) is 1. The molecule has 1 aromatic rings. The maximum absolute atomic E-state index is 12.5. The minimum absolute atomic E-state index is 0.155. The molecule has 120 valence electrons. The zero-order valence-electron chi connectivity index (χ0n) is 11.6. The Morgan fingerprint density at radius 3 is 2.38 bits per heavy atom. The molecule has 0 saturated carbocycles. The third-order valence-electron chi connectivity index (χ3n) is 2.66. The molecule has 2 N–H and O–H groups in total. The van der Waals surface area contributed by atoms with E-state index >= 15 is 0 Å². The van der Waals surface area contributed by atoms with E-state index in [1.165, 1.54) is 19.2 Å². The molecule has 21 heavy (non-hydrogen) atoms. The second-order valence-electron chi connectivity index (χ2n) is 4.36. The summed E-state index contributed by atoms with van der Waals surface area (Å²) in [5.74, 6) is 0.323. The van der Waals surface area contributed by atoms with E-state index in [0.717, 1.165) is 6.07 Å². The van der Waals surface area contributed by atoms with Crippen LogP contribution in [0.5, 0.6) is 5.75 Å². The van der Waals surface area contributed by atoms with Gasteiger partial charge in [0.05, 0.1) is 12.8 Å². The van der Waals surface area contributed by atoms with Gasteiger partial charge in [0, 0.05) is 12.6 Å². The number of hydrogen-bond donors (Lipinski definition) is 1. The molecule has 0 aliphatic rings. The summed E-state index contributed by atoms with van der Waals surface area (Å²) in [6.45, 7) is -0.196. The maximum atomic E-state index is 12.5. The number of nitrogen functional groups attached to an aromatic ring is 1. The van der Waals surface area contributed by atoms with E-state index in [9.17, 15) is 21.6 Å². The van der Waals surface area contributed by atoms with Crippen molar-refractivity contribution in [2.45, 2.75) is 24.4 Å². The zero-order valence-corrected chi connectivity index (χ0v) is 12.5. The summed E-state index contributed by atoms with van der Waals surface area (Å²) in [4.78, 5) is -0.360. The van der Waals surface area contributed by atoms with Crippen LogP contribution in [0.25, 0.3) is 0 Å². The SMILES string of the molecule is CCCN(CC(F)(F)F)S(=O)(=O)c1ccc(OC)cc1N. The lowest BCUT2D eigenvalue weighted by atomic mass is 10.3. The third-order valence-corrected chi connectivity index (χ3v) is 4.58. The second kappa shape index (κ2) is 6.52. The molecule has 0 saturated heterocycles. The van der Waals surface area contributed by atoms with Crippen molar-refractivity contribution in [3.8, 4) is 5.75 Å². The van der Waals surface area contributed by atoms with E-state index in [2.05, 4.69) is 0 Å². The monoisotopic (exact) mass is 326 g/mol. The van der Waals surface area contributed by atoms with Crippen LogP contribution in [0.15, 0.2) is 23.1 Å². The van der Waals surface area contributed by atoms with Crippen LogP contribution in [-0.2, 0) is 10.0 Å². The van der Waals surface area contributed by atoms with Gasteiger partial charge in [-0.25, -0.2) is 8.42 Å². The summed E-state index contributed by atoms with van der Waals surface area (Å²) < 4.78 is 67.5. The fourth-order valence-electron chi connectivity index (χ4n) is 1.76. The summed E-state index contributed by atoms with van der Waals surface area (Å²) in [5, 5.41) is 0. The standard InChI is InChI=1S/C12H17F3N2O3S/c1-3-6-17(8-12(13,14)15)21(18,19)11-5-4-9(20-2)7-10(11)16/h4-5,7H,3,6,8,16H2,1-2H3. The number of sulfonamides is 1. The van der Waals surface area contributed by atoms with Gasteiger partial charge >= 0.3 is 6.18 Å². The molecule has 5 nitrogen and oxygen atoms in total. The molecule has 0 amide bonds. The molecule has 0 radical (unpaired) electrons. The lowest BCUT2D eigenvalue weighted by Crippen LogP contribution is -2.39. The first-order valence-electron chi connectivity index (χ1n) is 6.12. The van der Waals surface area contributed by atoms with E-state index in [1.54, 1.807) is 6.92 Å². The smallest absolute Gasteiger partial charge is 0.402 e. The summed E-state index contributed by atoms with van der Waals surface area (Å²) >= 11 is 0. The van der Waals surface area contributed by atoms with Crippen LogP contribution in [0.3, 0.4) is 0 Å². The Hall–Kier alpha value is -1.48. The minimum atomic E-state index is -4.62. The highest BCUT2D eigenvalue weighted by Crippen LogP contribution is 2.28. The normalized spacial score (nSPS) is 12.7. The number of nitrogens with zero attached hydrogens (tertiary/aromatic N) is 1. The highest BCUT2D eigenvalue weighted by atomic mass is 32.2. The van der Waals surface area contributed by atoms with Crippen molar-refractivity contribution in [3.05, 3.63) is 18.2 Å². The van der Waals surface area contributed by atoms with Crippen LogP contribution in [0, 0.1) is 0 Å². The van der Waals surface area contributed by atoms with Gasteiger partial charge in [0.1, 0.15) is 17.2 Å². The lowest BCUT2D eigenvalue weighted by molar-refractivity contribution is -0.136. The second-order valence-corrected chi connectivity index (χ2v) is 6.26. The molecule has 0 aromatic heterocycles. The molecule has 0 atom stereocenters. The van der Waals surface area contributed by atoms with Gasteiger partial charge in [-0.3, -0.25) is 0 Å². The molecule has 0 aliphatic heterocycles. The Morgan fingerprint density at radius 2 is 1.95 bits per heavy atom. The van der Waals surface area contributed by atoms with Crippen molar-refractivity contribution >= 4 is 15.7 Å². The number of rotatable bonds is 6. The molecular weight excluding hydrogens is 309 g/mol. The van der Waals surface area contributed by atoms with Crippen molar-refractivity contribution in [1.82, 2.24) is 4.31 Å². The Kier molecular flexibility index (Phi) is 5.46. The number of hydrogen-bond acceptors (Lipinski definition) is 4. The topological polar surface area (TPSA) is 72.6 Å². The molecule has 0 unspecified atom stereocenters. The number of halogens is 3. The van der Waals surface area contributed by atoms with Gasteiger partial charge in [0.2, 0.25) is 10.0 Å². The molecule has 1 aromatic carbocycles.